The van der Waals surface area contributed by atoms with Gasteiger partial charge < -0.3 is 11.1 Å². The molecule has 4 heteroatoms. The highest BCUT2D eigenvalue weighted by Crippen LogP contribution is 2.09. The molecule has 0 aromatic carbocycles. The van der Waals surface area contributed by atoms with Crippen molar-refractivity contribution in [3.05, 3.63) is 0 Å². The van der Waals surface area contributed by atoms with E-state index in [0.717, 1.165) is 32.1 Å². The van der Waals surface area contributed by atoms with Crippen LogP contribution in [0, 0.1) is 5.92 Å². The molecule has 0 aliphatic heterocycles. The largest absolute Gasteiger partial charge is 0.346 e. The van der Waals surface area contributed by atoms with Gasteiger partial charge in [-0.25, -0.2) is 0 Å². The van der Waals surface area contributed by atoms with E-state index in [0.29, 0.717) is 13.0 Å². The van der Waals surface area contributed by atoms with Gasteiger partial charge in [-0.05, 0) is 39.2 Å². The van der Waals surface area contributed by atoms with Crippen molar-refractivity contribution in [3.63, 3.8) is 0 Å². The Hall–Kier alpha value is -0.900. The van der Waals surface area contributed by atoms with Gasteiger partial charge in [-0.15, -0.1) is 0 Å². The normalized spacial score (nSPS) is 14.0. The van der Waals surface area contributed by atoms with E-state index in [2.05, 4.69) is 12.2 Å². The maximum atomic E-state index is 11.9. The lowest BCUT2D eigenvalue weighted by molar-refractivity contribution is -0.129. The summed E-state index contributed by atoms with van der Waals surface area (Å²) in [5.41, 5.74) is 5.42. The quantitative estimate of drug-likeness (QED) is 0.587. The Kier molecular flexibility index (Phi) is 9.56. The number of amides is 1. The van der Waals surface area contributed by atoms with Crippen LogP contribution in [0.15, 0.2) is 0 Å². The molecule has 106 valence electrons. The second-order valence-electron chi connectivity index (χ2n) is 5.00. The topological polar surface area (TPSA) is 72.2 Å². The summed E-state index contributed by atoms with van der Waals surface area (Å²) in [5, 5.41) is 2.85. The highest BCUT2D eigenvalue weighted by atomic mass is 16.2. The van der Waals surface area contributed by atoms with E-state index < -0.39 is 0 Å². The van der Waals surface area contributed by atoms with Crippen molar-refractivity contribution >= 4 is 11.7 Å². The Morgan fingerprint density at radius 1 is 1.17 bits per heavy atom. The summed E-state index contributed by atoms with van der Waals surface area (Å²) in [6, 6.07) is -0.340. The summed E-state index contributed by atoms with van der Waals surface area (Å²) < 4.78 is 0. The third kappa shape index (κ3) is 7.43. The van der Waals surface area contributed by atoms with E-state index in [-0.39, 0.29) is 23.7 Å². The molecular weight excluding hydrogens is 228 g/mol. The van der Waals surface area contributed by atoms with Crippen LogP contribution in [0.1, 0.15) is 59.3 Å². The van der Waals surface area contributed by atoms with Gasteiger partial charge in [-0.2, -0.15) is 0 Å². The molecule has 0 fully saturated rings. The van der Waals surface area contributed by atoms with Crippen LogP contribution in [0.3, 0.4) is 0 Å². The molecule has 0 bridgehead atoms. The molecule has 0 saturated heterocycles. The van der Waals surface area contributed by atoms with E-state index >= 15 is 0 Å². The zero-order valence-electron chi connectivity index (χ0n) is 12.0. The SMILES string of the molecule is CCCCC(C)C(=O)NC(CCCCN)C(C)=O. The molecule has 0 heterocycles. The Balaban J connectivity index is 4.14. The fourth-order valence-electron chi connectivity index (χ4n) is 1.83. The van der Waals surface area contributed by atoms with Crippen molar-refractivity contribution in [2.75, 3.05) is 6.54 Å². The van der Waals surface area contributed by atoms with Crippen LogP contribution in [0.4, 0.5) is 0 Å². The lowest BCUT2D eigenvalue weighted by Gasteiger charge is -2.18. The monoisotopic (exact) mass is 256 g/mol. The number of nitrogens with one attached hydrogen (secondary N) is 1. The van der Waals surface area contributed by atoms with E-state index in [9.17, 15) is 9.59 Å². The summed E-state index contributed by atoms with van der Waals surface area (Å²) in [4.78, 5) is 23.4. The first-order chi connectivity index (χ1) is 8.52. The van der Waals surface area contributed by atoms with E-state index in [1.54, 1.807) is 0 Å². The first-order valence-corrected chi connectivity index (χ1v) is 7.03. The first kappa shape index (κ1) is 17.1. The van der Waals surface area contributed by atoms with Gasteiger partial charge in [-0.1, -0.05) is 26.7 Å². The Morgan fingerprint density at radius 3 is 2.33 bits per heavy atom. The van der Waals surface area contributed by atoms with Gasteiger partial charge in [0.1, 0.15) is 0 Å². The number of carbonyl (C=O) groups excluding carboxylic acids is 2. The van der Waals surface area contributed by atoms with Gasteiger partial charge in [0, 0.05) is 5.92 Å². The predicted molar refractivity (Wildman–Crippen MR) is 74.2 cm³/mol. The van der Waals surface area contributed by atoms with Crippen LogP contribution in [0.25, 0.3) is 0 Å². The second kappa shape index (κ2) is 10.1. The molecule has 0 aliphatic carbocycles. The minimum Gasteiger partial charge on any atom is -0.346 e. The molecule has 2 atom stereocenters. The fraction of sp³-hybridized carbons (Fsp3) is 0.857. The number of carbonyl (C=O) groups is 2. The molecule has 0 aromatic heterocycles. The molecule has 0 spiro atoms. The smallest absolute Gasteiger partial charge is 0.223 e. The van der Waals surface area contributed by atoms with Crippen LogP contribution in [-0.2, 0) is 9.59 Å². The standard InChI is InChI=1S/C14H28N2O2/c1-4-5-8-11(2)14(18)16-13(12(3)17)9-6-7-10-15/h11,13H,4-10,15H2,1-3H3,(H,16,18). The number of ketones is 1. The van der Waals surface area contributed by atoms with Crippen LogP contribution >= 0.6 is 0 Å². The molecule has 0 saturated carbocycles. The number of Topliss-reactive ketones (excluding diaryl/α,β-unsaturated/α-hetero) is 1. The summed E-state index contributed by atoms with van der Waals surface area (Å²) in [7, 11) is 0. The summed E-state index contributed by atoms with van der Waals surface area (Å²) >= 11 is 0. The Bertz CT molecular complexity index is 254. The fourth-order valence-corrected chi connectivity index (χ4v) is 1.83. The van der Waals surface area contributed by atoms with Crippen LogP contribution in [0.5, 0.6) is 0 Å². The zero-order valence-corrected chi connectivity index (χ0v) is 12.0. The predicted octanol–water partition coefficient (Wildman–Crippen LogP) is 2.02. The molecule has 0 aliphatic rings. The van der Waals surface area contributed by atoms with Crippen molar-refractivity contribution in [1.82, 2.24) is 5.32 Å². The van der Waals surface area contributed by atoms with Crippen molar-refractivity contribution < 1.29 is 9.59 Å². The van der Waals surface area contributed by atoms with Gasteiger partial charge in [-0.3, -0.25) is 9.59 Å². The number of rotatable bonds is 10. The van der Waals surface area contributed by atoms with Gasteiger partial charge in [0.15, 0.2) is 5.78 Å². The molecule has 4 nitrogen and oxygen atoms in total. The Morgan fingerprint density at radius 2 is 1.83 bits per heavy atom. The third-order valence-corrected chi connectivity index (χ3v) is 3.19. The minimum absolute atomic E-state index is 0.00333. The highest BCUT2D eigenvalue weighted by molar-refractivity contribution is 5.88. The lowest BCUT2D eigenvalue weighted by Crippen LogP contribution is -2.42. The van der Waals surface area contributed by atoms with Gasteiger partial charge in [0.25, 0.3) is 0 Å². The molecular formula is C14H28N2O2. The van der Waals surface area contributed by atoms with Crippen molar-refractivity contribution in [3.8, 4) is 0 Å². The van der Waals surface area contributed by atoms with E-state index in [4.69, 9.17) is 5.73 Å². The van der Waals surface area contributed by atoms with Crippen LogP contribution < -0.4 is 11.1 Å². The maximum absolute atomic E-state index is 11.9. The average molecular weight is 256 g/mol. The summed E-state index contributed by atoms with van der Waals surface area (Å²) in [5.74, 6) is 0.0146. The summed E-state index contributed by atoms with van der Waals surface area (Å²) in [6.45, 7) is 6.19. The van der Waals surface area contributed by atoms with E-state index in [1.165, 1.54) is 6.92 Å². The molecule has 18 heavy (non-hydrogen) atoms. The molecule has 0 rings (SSSR count). The van der Waals surface area contributed by atoms with Gasteiger partial charge in [0.05, 0.1) is 6.04 Å². The van der Waals surface area contributed by atoms with Gasteiger partial charge in [0.2, 0.25) is 5.91 Å². The van der Waals surface area contributed by atoms with Crippen LogP contribution in [0.2, 0.25) is 0 Å². The third-order valence-electron chi connectivity index (χ3n) is 3.19. The summed E-state index contributed by atoms with van der Waals surface area (Å²) in [6.07, 6.45) is 5.49. The molecule has 3 N–H and O–H groups in total. The molecule has 1 amide bonds. The maximum Gasteiger partial charge on any atom is 0.223 e. The minimum atomic E-state index is -0.340. The van der Waals surface area contributed by atoms with Crippen LogP contribution in [-0.4, -0.2) is 24.3 Å². The number of hydrogen-bond donors (Lipinski definition) is 2. The zero-order chi connectivity index (χ0) is 14.0. The van der Waals surface area contributed by atoms with Gasteiger partial charge >= 0.3 is 0 Å². The average Bonchev–Trinajstić information content (AvgIpc) is 2.34. The first-order valence-electron chi connectivity index (χ1n) is 7.03. The Labute approximate surface area is 111 Å². The second-order valence-corrected chi connectivity index (χ2v) is 5.00. The molecule has 2 unspecified atom stereocenters. The van der Waals surface area contributed by atoms with Crippen molar-refractivity contribution in [2.24, 2.45) is 11.7 Å². The van der Waals surface area contributed by atoms with Crippen molar-refractivity contribution in [2.45, 2.75) is 65.3 Å². The van der Waals surface area contributed by atoms with Crippen molar-refractivity contribution in [1.29, 1.82) is 0 Å². The lowest BCUT2D eigenvalue weighted by atomic mass is 10.0. The number of unbranched alkanes of at least 4 members (excludes halogenated alkanes) is 2. The molecule has 0 aromatic rings. The number of nitrogens with two attached hydrogens (primary N) is 1. The number of hydrogen-bond acceptors (Lipinski definition) is 3. The molecule has 0 radical (unpaired) electrons. The highest BCUT2D eigenvalue weighted by Gasteiger charge is 2.19. The van der Waals surface area contributed by atoms with E-state index in [1.807, 2.05) is 6.92 Å².